The van der Waals surface area contributed by atoms with Crippen molar-refractivity contribution in [3.63, 3.8) is 0 Å². The second kappa shape index (κ2) is 4.50. The minimum absolute atomic E-state index is 0.570. The van der Waals surface area contributed by atoms with Crippen LogP contribution in [-0.4, -0.2) is 41.1 Å². The van der Waals surface area contributed by atoms with E-state index in [1.807, 2.05) is 0 Å². The van der Waals surface area contributed by atoms with Crippen LogP contribution in [0.3, 0.4) is 0 Å². The molecule has 0 aromatic heterocycles. The molecule has 0 aromatic carbocycles. The Bertz CT molecular complexity index is 264. The summed E-state index contributed by atoms with van der Waals surface area (Å²) in [6.07, 6.45) is -4.65. The van der Waals surface area contributed by atoms with Gasteiger partial charge in [-0.25, -0.2) is 4.79 Å². The van der Waals surface area contributed by atoms with Crippen LogP contribution in [0.1, 0.15) is 13.8 Å². The molecule has 7 heteroatoms. The lowest BCUT2D eigenvalue weighted by Crippen LogP contribution is -2.46. The van der Waals surface area contributed by atoms with Crippen LogP contribution >= 0.6 is 0 Å². The molecular formula is C8H12F3NO3. The lowest BCUT2D eigenvalue weighted by atomic mass is 10.1. The maximum absolute atomic E-state index is 12.1. The Kier molecular flexibility index (Phi) is 4.12. The number of hydrogen-bond donors (Lipinski definition) is 1. The fourth-order valence-electron chi connectivity index (χ4n) is 0.802. The number of carboxylic acid groups (broad SMARTS) is 1. The smallest absolute Gasteiger partial charge is 0.400 e. The number of halogens is 3. The Morgan fingerprint density at radius 2 is 1.67 bits per heavy atom. The highest BCUT2D eigenvalue weighted by molar-refractivity contribution is 5.84. The van der Waals surface area contributed by atoms with Crippen molar-refractivity contribution in [1.29, 1.82) is 0 Å². The fourth-order valence-corrected chi connectivity index (χ4v) is 0.802. The van der Waals surface area contributed by atoms with Gasteiger partial charge in [0.2, 0.25) is 5.91 Å². The van der Waals surface area contributed by atoms with Gasteiger partial charge >= 0.3 is 12.1 Å². The maximum atomic E-state index is 12.1. The SMILES string of the molecule is CC(C(=O)O)N(C)C(=O)C(C)C(F)(F)F. The van der Waals surface area contributed by atoms with Crippen LogP contribution < -0.4 is 0 Å². The standard InChI is InChI=1S/C8H12F3NO3/c1-4(8(9,10)11)6(13)12(3)5(2)7(14)15/h4-5H,1-3H3,(H,14,15). The summed E-state index contributed by atoms with van der Waals surface area (Å²) in [6.45, 7) is 1.84. The molecule has 1 N–H and O–H groups in total. The Hall–Kier alpha value is -1.27. The van der Waals surface area contributed by atoms with Crippen LogP contribution in [0.4, 0.5) is 13.2 Å². The molecule has 1 amide bonds. The van der Waals surface area contributed by atoms with Crippen molar-refractivity contribution in [3.05, 3.63) is 0 Å². The van der Waals surface area contributed by atoms with Crippen LogP contribution in [0.5, 0.6) is 0 Å². The molecule has 88 valence electrons. The van der Waals surface area contributed by atoms with E-state index in [0.717, 1.165) is 14.0 Å². The summed E-state index contributed by atoms with van der Waals surface area (Å²) < 4.78 is 36.4. The maximum Gasteiger partial charge on any atom is 0.400 e. The number of carbonyl (C=O) groups excluding carboxylic acids is 1. The molecule has 0 saturated heterocycles. The molecule has 0 spiro atoms. The summed E-state index contributed by atoms with van der Waals surface area (Å²) in [4.78, 5) is 22.2. The Morgan fingerprint density at radius 1 is 1.27 bits per heavy atom. The van der Waals surface area contributed by atoms with Crippen molar-refractivity contribution in [2.45, 2.75) is 26.1 Å². The number of amides is 1. The topological polar surface area (TPSA) is 57.6 Å². The molecular weight excluding hydrogens is 215 g/mol. The number of likely N-dealkylation sites (N-methyl/N-ethyl adjacent to an activating group) is 1. The van der Waals surface area contributed by atoms with E-state index in [1.165, 1.54) is 0 Å². The first-order valence-corrected chi connectivity index (χ1v) is 4.15. The summed E-state index contributed by atoms with van der Waals surface area (Å²) in [5.74, 6) is -4.79. The summed E-state index contributed by atoms with van der Waals surface area (Å²) in [5.41, 5.74) is 0. The third kappa shape index (κ3) is 3.41. The Balaban J connectivity index is 4.66. The zero-order valence-corrected chi connectivity index (χ0v) is 8.50. The number of nitrogens with zero attached hydrogens (tertiary/aromatic N) is 1. The summed E-state index contributed by atoms with van der Waals surface area (Å²) in [6, 6.07) is -1.28. The number of rotatable bonds is 3. The molecule has 4 nitrogen and oxygen atoms in total. The average molecular weight is 227 g/mol. The minimum Gasteiger partial charge on any atom is -0.480 e. The van der Waals surface area contributed by atoms with Crippen molar-refractivity contribution >= 4 is 11.9 Å². The molecule has 15 heavy (non-hydrogen) atoms. The first-order chi connectivity index (χ1) is 6.59. The van der Waals surface area contributed by atoms with Crippen molar-refractivity contribution in [3.8, 4) is 0 Å². The van der Waals surface area contributed by atoms with Gasteiger partial charge in [0.05, 0.1) is 0 Å². The molecule has 0 aliphatic carbocycles. The van der Waals surface area contributed by atoms with E-state index in [1.54, 1.807) is 0 Å². The first kappa shape index (κ1) is 13.7. The van der Waals surface area contributed by atoms with Gasteiger partial charge in [-0.2, -0.15) is 13.2 Å². The second-order valence-electron chi connectivity index (χ2n) is 3.23. The molecule has 0 rings (SSSR count). The van der Waals surface area contributed by atoms with Gasteiger partial charge in [-0.15, -0.1) is 0 Å². The summed E-state index contributed by atoms with van der Waals surface area (Å²) in [5, 5.41) is 8.51. The Labute approximate surface area is 84.7 Å². The van der Waals surface area contributed by atoms with Crippen molar-refractivity contribution in [2.75, 3.05) is 7.05 Å². The van der Waals surface area contributed by atoms with Crippen molar-refractivity contribution in [2.24, 2.45) is 5.92 Å². The van der Waals surface area contributed by atoms with Crippen LogP contribution in [0, 0.1) is 5.92 Å². The van der Waals surface area contributed by atoms with Gasteiger partial charge in [0.1, 0.15) is 12.0 Å². The van der Waals surface area contributed by atoms with E-state index in [2.05, 4.69) is 0 Å². The van der Waals surface area contributed by atoms with Gasteiger partial charge in [-0.1, -0.05) is 0 Å². The van der Waals surface area contributed by atoms with Crippen LogP contribution in [0.15, 0.2) is 0 Å². The zero-order chi connectivity index (χ0) is 12.4. The highest BCUT2D eigenvalue weighted by Crippen LogP contribution is 2.27. The zero-order valence-electron chi connectivity index (χ0n) is 8.50. The van der Waals surface area contributed by atoms with Crippen LogP contribution in [0.25, 0.3) is 0 Å². The highest BCUT2D eigenvalue weighted by atomic mass is 19.4. The molecule has 0 aliphatic heterocycles. The number of hydrogen-bond acceptors (Lipinski definition) is 2. The molecule has 0 aliphatic rings. The molecule has 0 heterocycles. The summed E-state index contributed by atoms with van der Waals surface area (Å²) in [7, 11) is 1.03. The normalized spacial score (nSPS) is 15.6. The van der Waals surface area contributed by atoms with E-state index in [4.69, 9.17) is 5.11 Å². The van der Waals surface area contributed by atoms with E-state index in [-0.39, 0.29) is 0 Å². The molecule has 0 bridgehead atoms. The summed E-state index contributed by atoms with van der Waals surface area (Å²) >= 11 is 0. The minimum atomic E-state index is -4.65. The molecule has 2 unspecified atom stereocenters. The number of carboxylic acids is 1. The Morgan fingerprint density at radius 3 is 1.93 bits per heavy atom. The van der Waals surface area contributed by atoms with Gasteiger partial charge in [0.15, 0.2) is 0 Å². The van der Waals surface area contributed by atoms with Crippen LogP contribution in [0.2, 0.25) is 0 Å². The molecule has 0 fully saturated rings. The van der Waals surface area contributed by atoms with Gasteiger partial charge in [-0.3, -0.25) is 4.79 Å². The third-order valence-corrected chi connectivity index (χ3v) is 2.15. The van der Waals surface area contributed by atoms with Gasteiger partial charge in [-0.05, 0) is 13.8 Å². The van der Waals surface area contributed by atoms with Crippen molar-refractivity contribution < 1.29 is 27.9 Å². The molecule has 0 radical (unpaired) electrons. The largest absolute Gasteiger partial charge is 0.480 e. The third-order valence-electron chi connectivity index (χ3n) is 2.15. The van der Waals surface area contributed by atoms with E-state index < -0.39 is 30.0 Å². The van der Waals surface area contributed by atoms with Crippen molar-refractivity contribution in [1.82, 2.24) is 4.90 Å². The number of aliphatic carboxylic acids is 1. The second-order valence-corrected chi connectivity index (χ2v) is 3.23. The molecule has 2 atom stereocenters. The number of carbonyl (C=O) groups is 2. The van der Waals surface area contributed by atoms with E-state index in [0.29, 0.717) is 11.8 Å². The van der Waals surface area contributed by atoms with E-state index >= 15 is 0 Å². The number of alkyl halides is 3. The lowest BCUT2D eigenvalue weighted by Gasteiger charge is -2.25. The van der Waals surface area contributed by atoms with E-state index in [9.17, 15) is 22.8 Å². The van der Waals surface area contributed by atoms with Gasteiger partial charge in [0, 0.05) is 7.05 Å². The fraction of sp³-hybridized carbons (Fsp3) is 0.750. The predicted octanol–water partition coefficient (Wildman–Crippen LogP) is 1.12. The predicted molar refractivity (Wildman–Crippen MR) is 45.1 cm³/mol. The lowest BCUT2D eigenvalue weighted by molar-refractivity contribution is -0.187. The average Bonchev–Trinajstić information content (AvgIpc) is 2.11. The highest BCUT2D eigenvalue weighted by Gasteiger charge is 2.43. The monoisotopic (exact) mass is 227 g/mol. The van der Waals surface area contributed by atoms with Gasteiger partial charge < -0.3 is 10.0 Å². The van der Waals surface area contributed by atoms with Gasteiger partial charge in [0.25, 0.3) is 0 Å². The quantitative estimate of drug-likeness (QED) is 0.785. The molecule has 0 aromatic rings. The first-order valence-electron chi connectivity index (χ1n) is 4.15. The molecule has 0 saturated carbocycles. The van der Waals surface area contributed by atoms with Crippen LogP contribution in [-0.2, 0) is 9.59 Å².